The number of hydrogen-bond donors (Lipinski definition) is 1. The fraction of sp³-hybridized carbons (Fsp3) is 0.538. The quantitative estimate of drug-likeness (QED) is 0.829. The average molecular weight is 233 g/mol. The smallest absolute Gasteiger partial charge is 0.230 e. The van der Waals surface area contributed by atoms with E-state index in [2.05, 4.69) is 17.2 Å². The van der Waals surface area contributed by atoms with Gasteiger partial charge in [0, 0.05) is 38.1 Å². The lowest BCUT2D eigenvalue weighted by Crippen LogP contribution is -2.53. The predicted octanol–water partition coefficient (Wildman–Crippen LogP) is 1.01. The van der Waals surface area contributed by atoms with Crippen LogP contribution in [0.4, 0.5) is 0 Å². The molecule has 0 spiro atoms. The summed E-state index contributed by atoms with van der Waals surface area (Å²) in [6.07, 6.45) is 3.50. The summed E-state index contributed by atoms with van der Waals surface area (Å²) >= 11 is 0. The molecular formula is C13H19N3O. The number of carbonyl (C=O) groups is 1. The minimum Gasteiger partial charge on any atom is -0.337 e. The summed E-state index contributed by atoms with van der Waals surface area (Å²) in [6.45, 7) is 6.60. The average Bonchev–Trinajstić information content (AvgIpc) is 2.39. The maximum absolute atomic E-state index is 12.4. The van der Waals surface area contributed by atoms with Crippen molar-refractivity contribution < 1.29 is 4.79 Å². The number of amides is 1. The topological polar surface area (TPSA) is 45.2 Å². The molecule has 1 aromatic heterocycles. The van der Waals surface area contributed by atoms with Crippen LogP contribution >= 0.6 is 0 Å². The Morgan fingerprint density at radius 3 is 3.12 bits per heavy atom. The van der Waals surface area contributed by atoms with Crippen molar-refractivity contribution in [3.05, 3.63) is 30.1 Å². The SMILES string of the molecule is CC(C(=O)N1CCNC[C@H]1C)c1cccnc1. The monoisotopic (exact) mass is 233 g/mol. The highest BCUT2D eigenvalue weighted by Gasteiger charge is 2.27. The highest BCUT2D eigenvalue weighted by molar-refractivity contribution is 5.83. The molecule has 17 heavy (non-hydrogen) atoms. The van der Waals surface area contributed by atoms with E-state index in [9.17, 15) is 4.79 Å². The van der Waals surface area contributed by atoms with E-state index in [0.29, 0.717) is 0 Å². The van der Waals surface area contributed by atoms with Gasteiger partial charge in [0.05, 0.1) is 5.92 Å². The van der Waals surface area contributed by atoms with E-state index in [1.807, 2.05) is 24.0 Å². The molecule has 0 aromatic carbocycles. The van der Waals surface area contributed by atoms with Crippen LogP contribution in [-0.4, -0.2) is 41.5 Å². The number of nitrogens with one attached hydrogen (secondary N) is 1. The third kappa shape index (κ3) is 2.64. The van der Waals surface area contributed by atoms with Crippen molar-refractivity contribution in [3.63, 3.8) is 0 Å². The van der Waals surface area contributed by atoms with Gasteiger partial charge in [0.2, 0.25) is 5.91 Å². The third-order valence-electron chi connectivity index (χ3n) is 3.34. The maximum atomic E-state index is 12.4. The van der Waals surface area contributed by atoms with E-state index in [-0.39, 0.29) is 17.9 Å². The Morgan fingerprint density at radius 1 is 1.65 bits per heavy atom. The number of pyridine rings is 1. The third-order valence-corrected chi connectivity index (χ3v) is 3.34. The van der Waals surface area contributed by atoms with Crippen molar-refractivity contribution in [2.45, 2.75) is 25.8 Å². The van der Waals surface area contributed by atoms with Crippen molar-refractivity contribution in [2.75, 3.05) is 19.6 Å². The van der Waals surface area contributed by atoms with Gasteiger partial charge in [-0.1, -0.05) is 6.07 Å². The molecule has 0 radical (unpaired) electrons. The molecule has 1 aliphatic heterocycles. The zero-order valence-corrected chi connectivity index (χ0v) is 10.4. The minimum atomic E-state index is -0.107. The van der Waals surface area contributed by atoms with Crippen LogP contribution in [0.5, 0.6) is 0 Å². The summed E-state index contributed by atoms with van der Waals surface area (Å²) in [5, 5.41) is 3.29. The molecule has 1 aliphatic rings. The Labute approximate surface area is 102 Å². The molecular weight excluding hydrogens is 214 g/mol. The summed E-state index contributed by atoms with van der Waals surface area (Å²) in [6, 6.07) is 4.11. The van der Waals surface area contributed by atoms with Gasteiger partial charge < -0.3 is 10.2 Å². The van der Waals surface area contributed by atoms with Crippen molar-refractivity contribution in [2.24, 2.45) is 0 Å². The molecule has 4 nitrogen and oxygen atoms in total. The molecule has 0 aliphatic carbocycles. The van der Waals surface area contributed by atoms with E-state index in [4.69, 9.17) is 0 Å². The van der Waals surface area contributed by atoms with Gasteiger partial charge in [-0.25, -0.2) is 0 Å². The maximum Gasteiger partial charge on any atom is 0.230 e. The zero-order valence-electron chi connectivity index (χ0n) is 10.4. The van der Waals surface area contributed by atoms with Gasteiger partial charge in [0.15, 0.2) is 0 Å². The van der Waals surface area contributed by atoms with Crippen molar-refractivity contribution >= 4 is 5.91 Å². The normalized spacial score (nSPS) is 22.2. The highest BCUT2D eigenvalue weighted by Crippen LogP contribution is 2.18. The van der Waals surface area contributed by atoms with E-state index in [0.717, 1.165) is 25.2 Å². The van der Waals surface area contributed by atoms with E-state index in [1.54, 1.807) is 12.4 Å². The fourth-order valence-electron chi connectivity index (χ4n) is 2.19. The second-order valence-corrected chi connectivity index (χ2v) is 4.59. The molecule has 1 aromatic rings. The molecule has 1 amide bonds. The van der Waals surface area contributed by atoms with Crippen molar-refractivity contribution in [1.82, 2.24) is 15.2 Å². The van der Waals surface area contributed by atoms with E-state index >= 15 is 0 Å². The van der Waals surface area contributed by atoms with Crippen LogP contribution in [-0.2, 0) is 4.79 Å². The summed E-state index contributed by atoms with van der Waals surface area (Å²) in [5.41, 5.74) is 0.989. The first-order valence-corrected chi connectivity index (χ1v) is 6.11. The Kier molecular flexibility index (Phi) is 3.74. The first-order chi connectivity index (χ1) is 8.20. The lowest BCUT2D eigenvalue weighted by Gasteiger charge is -2.35. The standard InChI is InChI=1S/C13H19N3O/c1-10-8-15-6-7-16(10)13(17)11(2)12-4-3-5-14-9-12/h3-5,9-11,15H,6-8H2,1-2H3/t10-,11?/m1/s1. The van der Waals surface area contributed by atoms with Crippen LogP contribution < -0.4 is 5.32 Å². The summed E-state index contributed by atoms with van der Waals surface area (Å²) in [7, 11) is 0. The second kappa shape index (κ2) is 5.27. The Bertz CT molecular complexity index is 380. The molecule has 0 saturated carbocycles. The van der Waals surface area contributed by atoms with Crippen LogP contribution in [0.3, 0.4) is 0 Å². The van der Waals surface area contributed by atoms with Crippen molar-refractivity contribution in [1.29, 1.82) is 0 Å². The lowest BCUT2D eigenvalue weighted by atomic mass is 10.0. The van der Waals surface area contributed by atoms with E-state index in [1.165, 1.54) is 0 Å². The molecule has 92 valence electrons. The van der Waals surface area contributed by atoms with Gasteiger partial charge in [-0.2, -0.15) is 0 Å². The highest BCUT2D eigenvalue weighted by atomic mass is 16.2. The minimum absolute atomic E-state index is 0.107. The van der Waals surface area contributed by atoms with Crippen LogP contribution in [0.2, 0.25) is 0 Å². The molecule has 0 bridgehead atoms. The number of nitrogens with zero attached hydrogens (tertiary/aromatic N) is 2. The molecule has 1 fully saturated rings. The Hall–Kier alpha value is -1.42. The predicted molar refractivity (Wildman–Crippen MR) is 66.7 cm³/mol. The molecule has 1 unspecified atom stereocenters. The number of carbonyl (C=O) groups excluding carboxylic acids is 1. The zero-order chi connectivity index (χ0) is 12.3. The Balaban J connectivity index is 2.09. The van der Waals surface area contributed by atoms with Gasteiger partial charge in [-0.3, -0.25) is 9.78 Å². The molecule has 2 atom stereocenters. The number of rotatable bonds is 2. The summed E-state index contributed by atoms with van der Waals surface area (Å²) < 4.78 is 0. The number of hydrogen-bond acceptors (Lipinski definition) is 3. The molecule has 4 heteroatoms. The summed E-state index contributed by atoms with van der Waals surface area (Å²) in [5.74, 6) is 0.0938. The Morgan fingerprint density at radius 2 is 2.47 bits per heavy atom. The fourth-order valence-corrected chi connectivity index (χ4v) is 2.19. The van der Waals surface area contributed by atoms with Crippen LogP contribution in [0.1, 0.15) is 25.3 Å². The van der Waals surface area contributed by atoms with Crippen LogP contribution in [0.25, 0.3) is 0 Å². The first kappa shape index (κ1) is 12.0. The molecule has 2 rings (SSSR count). The largest absolute Gasteiger partial charge is 0.337 e. The van der Waals surface area contributed by atoms with E-state index < -0.39 is 0 Å². The van der Waals surface area contributed by atoms with Gasteiger partial charge >= 0.3 is 0 Å². The summed E-state index contributed by atoms with van der Waals surface area (Å²) in [4.78, 5) is 18.4. The van der Waals surface area contributed by atoms with Gasteiger partial charge in [-0.15, -0.1) is 0 Å². The number of aromatic nitrogens is 1. The van der Waals surface area contributed by atoms with Crippen LogP contribution in [0.15, 0.2) is 24.5 Å². The van der Waals surface area contributed by atoms with Gasteiger partial charge in [0.1, 0.15) is 0 Å². The van der Waals surface area contributed by atoms with Crippen molar-refractivity contribution in [3.8, 4) is 0 Å². The van der Waals surface area contributed by atoms with Crippen LogP contribution in [0, 0.1) is 0 Å². The van der Waals surface area contributed by atoms with Gasteiger partial charge in [0.25, 0.3) is 0 Å². The molecule has 1 saturated heterocycles. The number of piperazine rings is 1. The molecule has 1 N–H and O–H groups in total. The van der Waals surface area contributed by atoms with Gasteiger partial charge in [-0.05, 0) is 25.5 Å². The molecule has 2 heterocycles. The second-order valence-electron chi connectivity index (χ2n) is 4.59. The first-order valence-electron chi connectivity index (χ1n) is 6.11. The lowest BCUT2D eigenvalue weighted by molar-refractivity contribution is -0.135.